The summed E-state index contributed by atoms with van der Waals surface area (Å²) in [6.45, 7) is 6.50. The van der Waals surface area contributed by atoms with Gasteiger partial charge in [0, 0.05) is 24.2 Å². The molecular weight excluding hydrogens is 572 g/mol. The molecule has 14 nitrogen and oxygen atoms in total. The number of esters is 1. The van der Waals surface area contributed by atoms with Crippen molar-refractivity contribution in [2.75, 3.05) is 19.8 Å². The van der Waals surface area contributed by atoms with Crippen molar-refractivity contribution >= 4 is 11.8 Å². The third kappa shape index (κ3) is 4.48. The van der Waals surface area contributed by atoms with Crippen molar-refractivity contribution in [2.45, 2.75) is 114 Å². The van der Waals surface area contributed by atoms with Crippen LogP contribution in [0.15, 0.2) is 11.1 Å². The van der Waals surface area contributed by atoms with Gasteiger partial charge in [-0.15, -0.1) is 0 Å². The molecular formula is C29H44O14. The van der Waals surface area contributed by atoms with Gasteiger partial charge >= 0.3 is 5.97 Å². The molecule has 0 aromatic rings. The lowest BCUT2D eigenvalue weighted by molar-refractivity contribution is -0.337. The highest BCUT2D eigenvalue weighted by Gasteiger charge is 2.74. The molecule has 0 aromatic heterocycles. The number of carbonyl (C=O) groups excluding carboxylic acids is 2. The van der Waals surface area contributed by atoms with Crippen molar-refractivity contribution in [3.05, 3.63) is 11.1 Å². The maximum absolute atomic E-state index is 14.4. The second kappa shape index (κ2) is 10.8. The molecule has 14 atom stereocenters. The Morgan fingerprint density at radius 1 is 1.05 bits per heavy atom. The minimum atomic E-state index is -1.79. The number of rotatable bonds is 5. The van der Waals surface area contributed by atoms with E-state index in [1.807, 2.05) is 0 Å². The van der Waals surface area contributed by atoms with Crippen LogP contribution in [-0.4, -0.2) is 139 Å². The van der Waals surface area contributed by atoms with Gasteiger partial charge in [0.15, 0.2) is 12.1 Å². The molecule has 4 fully saturated rings. The molecule has 0 radical (unpaired) electrons. The second-order valence-corrected chi connectivity index (χ2v) is 13.7. The largest absolute Gasteiger partial charge is 0.459 e. The molecule has 2 saturated carbocycles. The number of fused-ring (bicyclic) bond motifs is 5. The number of ether oxygens (including phenoxy) is 4. The Kier molecular flexibility index (Phi) is 8.22. The highest BCUT2D eigenvalue weighted by Crippen LogP contribution is 2.64. The number of aliphatic hydroxyl groups is 8. The molecule has 5 rings (SSSR count). The van der Waals surface area contributed by atoms with Gasteiger partial charge in [-0.1, -0.05) is 20.8 Å². The monoisotopic (exact) mass is 616 g/mol. The van der Waals surface area contributed by atoms with Gasteiger partial charge in [-0.05, 0) is 30.9 Å². The van der Waals surface area contributed by atoms with Crippen LogP contribution in [0.3, 0.4) is 0 Å². The third-order valence-corrected chi connectivity index (χ3v) is 11.3. The summed E-state index contributed by atoms with van der Waals surface area (Å²) in [5.41, 5.74) is -5.66. The first kappa shape index (κ1) is 32.8. The van der Waals surface area contributed by atoms with Crippen LogP contribution >= 0.6 is 0 Å². The summed E-state index contributed by atoms with van der Waals surface area (Å²) < 4.78 is 22.0. The van der Waals surface area contributed by atoms with Gasteiger partial charge in [-0.2, -0.15) is 0 Å². The molecule has 0 amide bonds. The topological polar surface area (TPSA) is 233 Å². The first-order valence-corrected chi connectivity index (χ1v) is 14.7. The highest BCUT2D eigenvalue weighted by molar-refractivity contribution is 5.93. The molecule has 5 aliphatic rings. The lowest BCUT2D eigenvalue weighted by Gasteiger charge is -2.67. The number of Topliss-reactive ketones (excluding diaryl/α,β-unsaturated/α-hetero) is 1. The number of ketones is 1. The molecule has 14 heteroatoms. The highest BCUT2D eigenvalue weighted by atomic mass is 16.7. The molecule has 2 aliphatic heterocycles. The van der Waals surface area contributed by atoms with Crippen LogP contribution in [0, 0.1) is 22.7 Å². The van der Waals surface area contributed by atoms with Gasteiger partial charge in [0.05, 0.1) is 36.4 Å². The summed E-state index contributed by atoms with van der Waals surface area (Å²) in [7, 11) is 0. The Bertz CT molecular complexity index is 1170. The fourth-order valence-corrected chi connectivity index (χ4v) is 8.70. The van der Waals surface area contributed by atoms with E-state index in [9.17, 15) is 50.4 Å². The normalized spacial score (nSPS) is 51.0. The van der Waals surface area contributed by atoms with Crippen molar-refractivity contribution in [1.82, 2.24) is 0 Å². The van der Waals surface area contributed by atoms with Crippen molar-refractivity contribution in [3.63, 3.8) is 0 Å². The predicted molar refractivity (Wildman–Crippen MR) is 143 cm³/mol. The van der Waals surface area contributed by atoms with Gasteiger partial charge in [0.2, 0.25) is 0 Å². The summed E-state index contributed by atoms with van der Waals surface area (Å²) in [6.07, 6.45) is -13.2. The zero-order valence-electron chi connectivity index (χ0n) is 24.9. The fourth-order valence-electron chi connectivity index (χ4n) is 8.70. The van der Waals surface area contributed by atoms with Gasteiger partial charge in [-0.3, -0.25) is 4.79 Å². The molecule has 0 aromatic carbocycles. The standard InChI is InChI=1S/C29H44O14/c1-11-13(31)7-29(39)12(2)23-27(5,24(37)20(34)18(11)26(29,3)4)15(6-16-28(23,38)10-41-16)43-17(32)9-40-25-22(36)21(35)19(33)14(8-30)42-25/h12-16,19-23,25,30-31,33-36,38-39H,6-10H2,1-5H3/t12-,13?,14?,15?,16?,19?,20?,21?,22?,23?,25?,27+,28?,29?/m0/s1. The molecule has 2 heterocycles. The Hall–Kier alpha value is -1.56. The lowest BCUT2D eigenvalue weighted by atomic mass is 9.43. The van der Waals surface area contributed by atoms with E-state index < -0.39 is 114 Å². The van der Waals surface area contributed by atoms with E-state index in [4.69, 9.17) is 18.9 Å². The minimum absolute atomic E-state index is 0.108. The zero-order chi connectivity index (χ0) is 32.0. The molecule has 2 saturated heterocycles. The van der Waals surface area contributed by atoms with Crippen LogP contribution in [0.4, 0.5) is 0 Å². The van der Waals surface area contributed by atoms with Crippen LogP contribution < -0.4 is 0 Å². The number of hydrogen-bond donors (Lipinski definition) is 8. The van der Waals surface area contributed by atoms with Crippen LogP contribution in [0.5, 0.6) is 0 Å². The Balaban J connectivity index is 1.47. The molecule has 2 bridgehead atoms. The Labute approximate surface area is 248 Å². The average Bonchev–Trinajstić information content (AvgIpc) is 2.94. The first-order chi connectivity index (χ1) is 19.9. The number of hydrogen-bond acceptors (Lipinski definition) is 14. The van der Waals surface area contributed by atoms with Gasteiger partial charge in [-0.25, -0.2) is 4.79 Å². The number of carbonyl (C=O) groups is 2. The Morgan fingerprint density at radius 2 is 1.70 bits per heavy atom. The van der Waals surface area contributed by atoms with Gasteiger partial charge < -0.3 is 59.8 Å². The zero-order valence-corrected chi connectivity index (χ0v) is 24.9. The molecule has 0 spiro atoms. The van der Waals surface area contributed by atoms with Crippen molar-refractivity contribution in [1.29, 1.82) is 0 Å². The summed E-state index contributed by atoms with van der Waals surface area (Å²) in [6, 6.07) is 0. The fraction of sp³-hybridized carbons (Fsp3) is 0.862. The molecule has 43 heavy (non-hydrogen) atoms. The maximum Gasteiger partial charge on any atom is 0.332 e. The van der Waals surface area contributed by atoms with E-state index >= 15 is 0 Å². The number of aliphatic hydroxyl groups excluding tert-OH is 6. The lowest BCUT2D eigenvalue weighted by Crippen LogP contribution is -2.79. The van der Waals surface area contributed by atoms with Crippen LogP contribution in [0.1, 0.15) is 47.5 Å². The molecule has 8 N–H and O–H groups in total. The smallest absolute Gasteiger partial charge is 0.332 e. The van der Waals surface area contributed by atoms with E-state index in [2.05, 4.69) is 0 Å². The second-order valence-electron chi connectivity index (χ2n) is 13.7. The quantitative estimate of drug-likeness (QED) is 0.116. The van der Waals surface area contributed by atoms with Gasteiger partial charge in [0.25, 0.3) is 0 Å². The van der Waals surface area contributed by atoms with Crippen LogP contribution in [0.2, 0.25) is 0 Å². The molecule has 3 aliphatic carbocycles. The van der Waals surface area contributed by atoms with E-state index in [1.165, 1.54) is 6.92 Å². The van der Waals surface area contributed by atoms with Crippen LogP contribution in [0.25, 0.3) is 0 Å². The van der Waals surface area contributed by atoms with E-state index in [-0.39, 0.29) is 25.0 Å². The van der Waals surface area contributed by atoms with Gasteiger partial charge in [0.1, 0.15) is 48.8 Å². The van der Waals surface area contributed by atoms with Crippen LogP contribution in [-0.2, 0) is 28.5 Å². The van der Waals surface area contributed by atoms with E-state index in [1.54, 1.807) is 27.7 Å². The molecule has 244 valence electrons. The average molecular weight is 617 g/mol. The summed E-state index contributed by atoms with van der Waals surface area (Å²) in [4.78, 5) is 27.5. The Morgan fingerprint density at radius 3 is 2.28 bits per heavy atom. The molecule has 12 unspecified atom stereocenters. The summed E-state index contributed by atoms with van der Waals surface area (Å²) >= 11 is 0. The SMILES string of the molecule is CC1=C2C(O)C(=O)[C@]3(C)C(OC(=O)COC4OC(CO)C(O)C(O)C4O)CC4OCC4(O)C3[C@H](C)C(O)(CC1O)C2(C)C. The maximum atomic E-state index is 14.4. The van der Waals surface area contributed by atoms with Crippen molar-refractivity contribution in [3.8, 4) is 0 Å². The van der Waals surface area contributed by atoms with Crippen molar-refractivity contribution < 1.29 is 69.4 Å². The van der Waals surface area contributed by atoms with Crippen molar-refractivity contribution in [2.24, 2.45) is 22.7 Å². The van der Waals surface area contributed by atoms with E-state index in [0.717, 1.165) is 0 Å². The predicted octanol–water partition coefficient (Wildman–Crippen LogP) is -2.71. The first-order valence-electron chi connectivity index (χ1n) is 14.7. The third-order valence-electron chi connectivity index (χ3n) is 11.3. The van der Waals surface area contributed by atoms with E-state index in [0.29, 0.717) is 5.57 Å². The summed E-state index contributed by atoms with van der Waals surface area (Å²) in [5.74, 6) is -3.68. The minimum Gasteiger partial charge on any atom is -0.459 e. The summed E-state index contributed by atoms with van der Waals surface area (Å²) in [5, 5.41) is 86.3.